The van der Waals surface area contributed by atoms with Crippen LogP contribution in [-0.4, -0.2) is 12.4 Å². The molecule has 1 heterocycles. The van der Waals surface area contributed by atoms with Crippen LogP contribution in [0.5, 0.6) is 0 Å². The number of anilines is 1. The second kappa shape index (κ2) is 3.82. The van der Waals surface area contributed by atoms with Crippen LogP contribution in [0.1, 0.15) is 24.0 Å². The van der Waals surface area contributed by atoms with Crippen LogP contribution < -0.4 is 10.3 Å². The second-order valence-electron chi connectivity index (χ2n) is 3.95. The van der Waals surface area contributed by atoms with Gasteiger partial charge in [0.2, 0.25) is 5.84 Å². The lowest BCUT2D eigenvalue weighted by Gasteiger charge is -2.03. The van der Waals surface area contributed by atoms with Crippen molar-refractivity contribution >= 4 is 11.5 Å². The van der Waals surface area contributed by atoms with E-state index in [4.69, 9.17) is 0 Å². The zero-order valence-corrected chi connectivity index (χ0v) is 8.85. The van der Waals surface area contributed by atoms with Crippen molar-refractivity contribution in [2.45, 2.75) is 26.7 Å². The first-order chi connectivity index (χ1) is 6.75. The van der Waals surface area contributed by atoms with Gasteiger partial charge >= 0.3 is 0 Å². The Morgan fingerprint density at radius 3 is 2.79 bits per heavy atom. The van der Waals surface area contributed by atoms with Gasteiger partial charge in [0.15, 0.2) is 0 Å². The Kier molecular flexibility index (Phi) is 2.53. The lowest BCUT2D eigenvalue weighted by molar-refractivity contribution is -0.447. The van der Waals surface area contributed by atoms with Gasteiger partial charge in [0.1, 0.15) is 5.69 Å². The average Bonchev–Trinajstić information content (AvgIpc) is 2.62. The number of amidine groups is 1. The Balaban J connectivity index is 2.16. The molecule has 0 amide bonds. The zero-order chi connectivity index (χ0) is 9.97. The highest BCUT2D eigenvalue weighted by atomic mass is 15.0. The Bertz CT molecular complexity index is 367. The molecule has 2 rings (SSSR count). The molecule has 0 radical (unpaired) electrons. The predicted octanol–water partition coefficient (Wildman–Crippen LogP) is 0.988. The molecule has 1 aromatic carbocycles. The molecule has 0 spiro atoms. The molecule has 0 saturated carbocycles. The lowest BCUT2D eigenvalue weighted by atomic mass is 10.1. The average molecular weight is 189 g/mol. The summed E-state index contributed by atoms with van der Waals surface area (Å²) >= 11 is 0. The van der Waals surface area contributed by atoms with Gasteiger partial charge in [-0.2, -0.15) is 0 Å². The quantitative estimate of drug-likeness (QED) is 0.677. The van der Waals surface area contributed by atoms with E-state index in [0.29, 0.717) is 0 Å². The maximum atomic E-state index is 3.44. The van der Waals surface area contributed by atoms with E-state index in [1.165, 1.54) is 29.1 Å². The maximum Gasteiger partial charge on any atom is 0.247 e. The molecule has 1 aromatic rings. The van der Waals surface area contributed by atoms with E-state index in [1.807, 2.05) is 0 Å². The van der Waals surface area contributed by atoms with Crippen molar-refractivity contribution in [1.82, 2.24) is 0 Å². The van der Waals surface area contributed by atoms with Gasteiger partial charge in [-0.15, -0.1) is 0 Å². The third-order valence-electron chi connectivity index (χ3n) is 2.61. The van der Waals surface area contributed by atoms with Gasteiger partial charge in [0, 0.05) is 0 Å². The summed E-state index contributed by atoms with van der Waals surface area (Å²) in [6.07, 6.45) is 2.39. The number of hydrogen-bond acceptors (Lipinski definition) is 1. The van der Waals surface area contributed by atoms with Gasteiger partial charge < -0.3 is 0 Å². The van der Waals surface area contributed by atoms with Gasteiger partial charge in [0.05, 0.1) is 13.0 Å². The van der Waals surface area contributed by atoms with Crippen molar-refractivity contribution < 1.29 is 4.99 Å². The first-order valence-corrected chi connectivity index (χ1v) is 5.20. The molecular weight excluding hydrogens is 172 g/mol. The normalized spacial score (nSPS) is 15.4. The summed E-state index contributed by atoms with van der Waals surface area (Å²) in [5, 5.41) is 3.44. The smallest absolute Gasteiger partial charge is 0.247 e. The molecule has 1 aliphatic rings. The Morgan fingerprint density at radius 1 is 1.29 bits per heavy atom. The summed E-state index contributed by atoms with van der Waals surface area (Å²) in [7, 11) is 0. The van der Waals surface area contributed by atoms with Crippen LogP contribution in [0, 0.1) is 13.8 Å². The topological polar surface area (TPSA) is 26.0 Å². The van der Waals surface area contributed by atoms with Crippen molar-refractivity contribution in [1.29, 1.82) is 0 Å². The van der Waals surface area contributed by atoms with E-state index < -0.39 is 0 Å². The molecule has 14 heavy (non-hydrogen) atoms. The molecule has 0 aromatic heterocycles. The third kappa shape index (κ3) is 1.95. The van der Waals surface area contributed by atoms with Crippen LogP contribution in [-0.2, 0) is 0 Å². The monoisotopic (exact) mass is 189 g/mol. The molecule has 0 atom stereocenters. The maximum absolute atomic E-state index is 3.44. The number of rotatable bonds is 1. The fraction of sp³-hybridized carbons (Fsp3) is 0.417. The summed E-state index contributed by atoms with van der Waals surface area (Å²) in [5.41, 5.74) is 3.85. The fourth-order valence-corrected chi connectivity index (χ4v) is 1.82. The number of nitrogens with one attached hydrogen (secondary N) is 2. The molecule has 0 saturated heterocycles. The van der Waals surface area contributed by atoms with Crippen LogP contribution in [0.25, 0.3) is 0 Å². The van der Waals surface area contributed by atoms with Gasteiger partial charge in [-0.05, 0) is 31.9 Å². The van der Waals surface area contributed by atoms with Crippen molar-refractivity contribution in [2.24, 2.45) is 0 Å². The molecule has 0 aliphatic carbocycles. The van der Waals surface area contributed by atoms with E-state index >= 15 is 0 Å². The second-order valence-corrected chi connectivity index (χ2v) is 3.95. The van der Waals surface area contributed by atoms with Crippen LogP contribution in [0.4, 0.5) is 5.69 Å². The first kappa shape index (κ1) is 9.25. The summed E-state index contributed by atoms with van der Waals surface area (Å²) < 4.78 is 0. The van der Waals surface area contributed by atoms with E-state index in [-0.39, 0.29) is 0 Å². The summed E-state index contributed by atoms with van der Waals surface area (Å²) in [6.45, 7) is 5.37. The Labute approximate surface area is 85.1 Å². The van der Waals surface area contributed by atoms with Gasteiger partial charge in [-0.25, -0.2) is 5.32 Å². The van der Waals surface area contributed by atoms with Crippen LogP contribution in [0.3, 0.4) is 0 Å². The highest BCUT2D eigenvalue weighted by Crippen LogP contribution is 2.16. The molecule has 1 aliphatic heterocycles. The minimum atomic E-state index is 1.10. The molecule has 0 unspecified atom stereocenters. The zero-order valence-electron chi connectivity index (χ0n) is 8.85. The summed E-state index contributed by atoms with van der Waals surface area (Å²) in [6, 6.07) is 6.50. The largest absolute Gasteiger partial charge is 0.278 e. The standard InChI is InChI=1S/C12H16N2/c1-9-5-6-11(10(2)8-9)14-12-4-3-7-13-12/h5-6,8H,3-4,7H2,1-2H3,(H,13,14)/p+1. The Hall–Kier alpha value is -1.31. The minimum absolute atomic E-state index is 1.10. The van der Waals surface area contributed by atoms with E-state index in [2.05, 4.69) is 42.4 Å². The number of benzene rings is 1. The molecule has 2 nitrogen and oxygen atoms in total. The van der Waals surface area contributed by atoms with Crippen LogP contribution in [0.15, 0.2) is 18.2 Å². The van der Waals surface area contributed by atoms with Crippen LogP contribution in [0.2, 0.25) is 0 Å². The number of aryl methyl sites for hydroxylation is 2. The summed E-state index contributed by atoms with van der Waals surface area (Å²) in [4.78, 5) is 3.35. The van der Waals surface area contributed by atoms with Crippen molar-refractivity contribution in [2.75, 3.05) is 11.9 Å². The molecule has 0 fully saturated rings. The van der Waals surface area contributed by atoms with Gasteiger partial charge in [0.25, 0.3) is 0 Å². The molecule has 0 bridgehead atoms. The Morgan fingerprint density at radius 2 is 2.14 bits per heavy atom. The minimum Gasteiger partial charge on any atom is -0.278 e. The van der Waals surface area contributed by atoms with Gasteiger partial charge in [-0.3, -0.25) is 4.99 Å². The van der Waals surface area contributed by atoms with Gasteiger partial charge in [-0.1, -0.05) is 17.7 Å². The van der Waals surface area contributed by atoms with Crippen molar-refractivity contribution in [3.63, 3.8) is 0 Å². The highest BCUT2D eigenvalue weighted by molar-refractivity contribution is 5.92. The highest BCUT2D eigenvalue weighted by Gasteiger charge is 2.13. The lowest BCUT2D eigenvalue weighted by Crippen LogP contribution is -2.71. The SMILES string of the molecule is Cc1ccc(NC2=[NH+]CCC2)c(C)c1. The molecular formula is C12H17N2+. The predicted molar refractivity (Wildman–Crippen MR) is 59.6 cm³/mol. The first-order valence-electron chi connectivity index (χ1n) is 5.20. The molecule has 74 valence electrons. The summed E-state index contributed by atoms with van der Waals surface area (Å²) in [5.74, 6) is 1.26. The number of hydrogen-bond donors (Lipinski definition) is 2. The third-order valence-corrected chi connectivity index (χ3v) is 2.61. The van der Waals surface area contributed by atoms with Crippen LogP contribution >= 0.6 is 0 Å². The molecule has 2 heteroatoms. The molecule has 2 N–H and O–H groups in total. The fourth-order valence-electron chi connectivity index (χ4n) is 1.82. The van der Waals surface area contributed by atoms with Crippen molar-refractivity contribution in [3.05, 3.63) is 29.3 Å². The van der Waals surface area contributed by atoms with E-state index in [0.717, 1.165) is 13.0 Å². The van der Waals surface area contributed by atoms with E-state index in [9.17, 15) is 0 Å². The van der Waals surface area contributed by atoms with E-state index in [1.54, 1.807) is 0 Å². The van der Waals surface area contributed by atoms with Crippen molar-refractivity contribution in [3.8, 4) is 0 Å².